The number of nitrogen functional groups attached to an aromatic ring is 1. The maximum absolute atomic E-state index is 5.69. The number of anilines is 3. The Bertz CT molecular complexity index is 379. The molecule has 0 saturated carbocycles. The lowest BCUT2D eigenvalue weighted by Gasteiger charge is -2.23. The third-order valence-corrected chi connectivity index (χ3v) is 3.06. The van der Waals surface area contributed by atoms with Gasteiger partial charge in [-0.05, 0) is 19.3 Å². The molecule has 1 saturated heterocycles. The fourth-order valence-electron chi connectivity index (χ4n) is 2.35. The molecule has 1 aliphatic rings. The first-order valence-corrected chi connectivity index (χ1v) is 5.69. The van der Waals surface area contributed by atoms with Gasteiger partial charge in [0.1, 0.15) is 11.6 Å². The monoisotopic (exact) mass is 221 g/mol. The summed E-state index contributed by atoms with van der Waals surface area (Å²) in [6.45, 7) is 5.53. The topological polar surface area (TPSA) is 67.1 Å². The molecule has 1 aromatic heterocycles. The van der Waals surface area contributed by atoms with Crippen LogP contribution in [-0.4, -0.2) is 29.6 Å². The highest BCUT2D eigenvalue weighted by atomic mass is 15.3. The summed E-state index contributed by atoms with van der Waals surface area (Å²) >= 11 is 0. The van der Waals surface area contributed by atoms with E-state index in [4.69, 9.17) is 5.73 Å². The van der Waals surface area contributed by atoms with Gasteiger partial charge in [-0.15, -0.1) is 0 Å². The summed E-state index contributed by atoms with van der Waals surface area (Å²) in [5.74, 6) is 2.74. The predicted octanol–water partition coefficient (Wildman–Crippen LogP) is 1.34. The lowest BCUT2D eigenvalue weighted by Crippen LogP contribution is -2.28. The molecule has 0 amide bonds. The first-order chi connectivity index (χ1) is 7.60. The minimum Gasteiger partial charge on any atom is -0.373 e. The van der Waals surface area contributed by atoms with Crippen LogP contribution >= 0.6 is 0 Å². The summed E-state index contributed by atoms with van der Waals surface area (Å²) in [6.07, 6.45) is 1.21. The van der Waals surface area contributed by atoms with E-state index in [1.54, 1.807) is 0 Å². The number of nitrogens with one attached hydrogen (secondary N) is 1. The molecule has 2 unspecified atom stereocenters. The van der Waals surface area contributed by atoms with Crippen LogP contribution in [0, 0.1) is 5.92 Å². The zero-order valence-electron chi connectivity index (χ0n) is 10.1. The molecule has 5 heteroatoms. The fraction of sp³-hybridized carbons (Fsp3) is 0.636. The Morgan fingerprint density at radius 2 is 2.19 bits per heavy atom. The Balaban J connectivity index is 2.29. The summed E-state index contributed by atoms with van der Waals surface area (Å²) in [7, 11) is 1.83. The van der Waals surface area contributed by atoms with E-state index in [1.165, 1.54) is 6.42 Å². The number of nitrogens with two attached hydrogens (primary N) is 1. The molecule has 0 spiro atoms. The van der Waals surface area contributed by atoms with Crippen molar-refractivity contribution < 1.29 is 0 Å². The van der Waals surface area contributed by atoms with E-state index in [2.05, 4.69) is 34.0 Å². The van der Waals surface area contributed by atoms with E-state index in [-0.39, 0.29) is 0 Å². The second-order valence-corrected chi connectivity index (χ2v) is 4.56. The molecule has 2 atom stereocenters. The van der Waals surface area contributed by atoms with Gasteiger partial charge >= 0.3 is 0 Å². The number of nitrogens with zero attached hydrogens (tertiary/aromatic N) is 3. The number of rotatable bonds is 2. The van der Waals surface area contributed by atoms with E-state index in [9.17, 15) is 0 Å². The molecule has 1 aromatic rings. The molecule has 0 bridgehead atoms. The van der Waals surface area contributed by atoms with E-state index < -0.39 is 0 Å². The summed E-state index contributed by atoms with van der Waals surface area (Å²) in [6, 6.07) is 2.47. The van der Waals surface area contributed by atoms with Crippen molar-refractivity contribution in [3.63, 3.8) is 0 Å². The zero-order valence-corrected chi connectivity index (χ0v) is 10.1. The molecule has 5 nitrogen and oxygen atoms in total. The van der Waals surface area contributed by atoms with Crippen LogP contribution in [0.15, 0.2) is 6.07 Å². The SMILES string of the molecule is CNc1cc(N2CC(C)CC2C)nc(N)n1. The molecular weight excluding hydrogens is 202 g/mol. The summed E-state index contributed by atoms with van der Waals surface area (Å²) in [4.78, 5) is 10.7. The highest BCUT2D eigenvalue weighted by Crippen LogP contribution is 2.28. The minimum absolute atomic E-state index is 0.327. The van der Waals surface area contributed by atoms with Crippen LogP contribution in [0.25, 0.3) is 0 Å². The molecule has 0 aliphatic carbocycles. The van der Waals surface area contributed by atoms with Crippen LogP contribution in [0.3, 0.4) is 0 Å². The van der Waals surface area contributed by atoms with Crippen LogP contribution in [0.5, 0.6) is 0 Å². The predicted molar refractivity (Wildman–Crippen MR) is 66.6 cm³/mol. The average molecular weight is 221 g/mol. The molecule has 0 aromatic carbocycles. The molecule has 3 N–H and O–H groups in total. The third-order valence-electron chi connectivity index (χ3n) is 3.06. The Labute approximate surface area is 96.1 Å². The molecule has 2 rings (SSSR count). The lowest BCUT2D eigenvalue weighted by atomic mass is 10.1. The van der Waals surface area contributed by atoms with Gasteiger partial charge in [0.25, 0.3) is 0 Å². The van der Waals surface area contributed by atoms with Gasteiger partial charge in [0.2, 0.25) is 5.95 Å². The van der Waals surface area contributed by atoms with Crippen LogP contribution in [-0.2, 0) is 0 Å². The molecule has 88 valence electrons. The van der Waals surface area contributed by atoms with Crippen molar-refractivity contribution in [1.29, 1.82) is 0 Å². The van der Waals surface area contributed by atoms with Crippen molar-refractivity contribution in [3.8, 4) is 0 Å². The number of hydrogen-bond acceptors (Lipinski definition) is 5. The van der Waals surface area contributed by atoms with Gasteiger partial charge in [0.15, 0.2) is 0 Å². The van der Waals surface area contributed by atoms with E-state index in [0.29, 0.717) is 17.9 Å². The van der Waals surface area contributed by atoms with Gasteiger partial charge in [-0.1, -0.05) is 6.92 Å². The first-order valence-electron chi connectivity index (χ1n) is 5.69. The van der Waals surface area contributed by atoms with Crippen LogP contribution in [0.2, 0.25) is 0 Å². The van der Waals surface area contributed by atoms with Gasteiger partial charge in [-0.2, -0.15) is 9.97 Å². The summed E-state index contributed by atoms with van der Waals surface area (Å²) in [5.41, 5.74) is 5.69. The molecule has 1 fully saturated rings. The Hall–Kier alpha value is -1.52. The van der Waals surface area contributed by atoms with Crippen molar-refractivity contribution in [1.82, 2.24) is 9.97 Å². The highest BCUT2D eigenvalue weighted by molar-refractivity contribution is 5.53. The largest absolute Gasteiger partial charge is 0.373 e. The van der Waals surface area contributed by atoms with Gasteiger partial charge in [-0.25, -0.2) is 0 Å². The van der Waals surface area contributed by atoms with Crippen molar-refractivity contribution in [2.75, 3.05) is 29.5 Å². The van der Waals surface area contributed by atoms with Gasteiger partial charge in [0, 0.05) is 25.7 Å². The lowest BCUT2D eigenvalue weighted by molar-refractivity contribution is 0.625. The number of aromatic nitrogens is 2. The van der Waals surface area contributed by atoms with Crippen molar-refractivity contribution in [3.05, 3.63) is 6.07 Å². The quantitative estimate of drug-likeness (QED) is 0.788. The molecule has 2 heterocycles. The normalized spacial score (nSPS) is 24.8. The van der Waals surface area contributed by atoms with Crippen molar-refractivity contribution in [2.24, 2.45) is 5.92 Å². The fourth-order valence-corrected chi connectivity index (χ4v) is 2.35. The molecular formula is C11H19N5. The summed E-state index contributed by atoms with van der Waals surface area (Å²) in [5, 5.41) is 3.00. The maximum Gasteiger partial charge on any atom is 0.223 e. The Morgan fingerprint density at radius 3 is 2.75 bits per heavy atom. The maximum atomic E-state index is 5.69. The zero-order chi connectivity index (χ0) is 11.7. The van der Waals surface area contributed by atoms with Crippen LogP contribution in [0.1, 0.15) is 20.3 Å². The van der Waals surface area contributed by atoms with E-state index in [0.717, 1.165) is 18.2 Å². The smallest absolute Gasteiger partial charge is 0.223 e. The van der Waals surface area contributed by atoms with E-state index in [1.807, 2.05) is 13.1 Å². The highest BCUT2D eigenvalue weighted by Gasteiger charge is 2.27. The molecule has 16 heavy (non-hydrogen) atoms. The molecule has 0 radical (unpaired) electrons. The Kier molecular flexibility index (Phi) is 2.85. The molecule has 1 aliphatic heterocycles. The van der Waals surface area contributed by atoms with Crippen molar-refractivity contribution in [2.45, 2.75) is 26.3 Å². The van der Waals surface area contributed by atoms with Gasteiger partial charge in [-0.3, -0.25) is 0 Å². The first kappa shape index (κ1) is 11.0. The average Bonchev–Trinajstić information content (AvgIpc) is 2.57. The van der Waals surface area contributed by atoms with Gasteiger partial charge < -0.3 is 16.0 Å². The van der Waals surface area contributed by atoms with Gasteiger partial charge in [0.05, 0.1) is 0 Å². The van der Waals surface area contributed by atoms with Crippen LogP contribution < -0.4 is 16.0 Å². The Morgan fingerprint density at radius 1 is 1.44 bits per heavy atom. The van der Waals surface area contributed by atoms with E-state index >= 15 is 0 Å². The van der Waals surface area contributed by atoms with Crippen LogP contribution in [0.4, 0.5) is 17.6 Å². The second-order valence-electron chi connectivity index (χ2n) is 4.56. The third kappa shape index (κ3) is 2.03. The summed E-state index contributed by atoms with van der Waals surface area (Å²) < 4.78 is 0. The number of hydrogen-bond donors (Lipinski definition) is 2. The second kappa shape index (κ2) is 4.15. The van der Waals surface area contributed by atoms with Crippen molar-refractivity contribution >= 4 is 17.6 Å². The minimum atomic E-state index is 0.327. The standard InChI is InChI=1S/C11H19N5/c1-7-4-8(2)16(6-7)10-5-9(13-3)14-11(12)15-10/h5,7-8H,4,6H2,1-3H3,(H3,12,13,14,15).